The van der Waals surface area contributed by atoms with Gasteiger partial charge in [-0.3, -0.25) is 15.0 Å². The fourth-order valence-corrected chi connectivity index (χ4v) is 2.57. The number of nitrogens with one attached hydrogen (secondary N) is 2. The molecular weight excluding hydrogens is 320 g/mol. The fourth-order valence-electron chi connectivity index (χ4n) is 2.57. The minimum absolute atomic E-state index is 0.309. The predicted molar refractivity (Wildman–Crippen MR) is 93.9 cm³/mol. The molecule has 8 nitrogen and oxygen atoms in total. The van der Waals surface area contributed by atoms with E-state index in [2.05, 4.69) is 27.1 Å². The number of anilines is 1. The maximum Gasteiger partial charge on any atom is 0.321 e. The smallest absolute Gasteiger partial charge is 0.321 e. The van der Waals surface area contributed by atoms with E-state index in [4.69, 9.17) is 5.26 Å². The van der Waals surface area contributed by atoms with Crippen molar-refractivity contribution >= 4 is 17.8 Å². The first kappa shape index (κ1) is 18.4. The average molecular weight is 342 g/mol. The highest BCUT2D eigenvalue weighted by Gasteiger charge is 2.26. The predicted octanol–water partition coefficient (Wildman–Crippen LogP) is 0.476. The Kier molecular flexibility index (Phi) is 6.48. The van der Waals surface area contributed by atoms with E-state index in [0.717, 1.165) is 18.9 Å². The molecule has 0 bridgehead atoms. The van der Waals surface area contributed by atoms with Gasteiger partial charge >= 0.3 is 6.03 Å². The Morgan fingerprint density at radius 1 is 1.40 bits per heavy atom. The van der Waals surface area contributed by atoms with E-state index >= 15 is 0 Å². The highest BCUT2D eigenvalue weighted by molar-refractivity contribution is 5.96. The van der Waals surface area contributed by atoms with Crippen molar-refractivity contribution in [2.75, 3.05) is 37.6 Å². The Morgan fingerprint density at radius 3 is 2.68 bits per heavy atom. The first-order chi connectivity index (χ1) is 12.0. The average Bonchev–Trinajstić information content (AvgIpc) is 2.66. The van der Waals surface area contributed by atoms with Gasteiger partial charge in [-0.25, -0.2) is 9.78 Å². The number of imide groups is 1. The highest BCUT2D eigenvalue weighted by Crippen LogP contribution is 2.15. The molecule has 0 aliphatic carbocycles. The molecule has 1 aromatic rings. The van der Waals surface area contributed by atoms with Gasteiger partial charge in [-0.05, 0) is 19.1 Å². The number of nitrogens with zero attached hydrogens (tertiary/aromatic N) is 4. The van der Waals surface area contributed by atoms with Gasteiger partial charge in [0.25, 0.3) is 0 Å². The topological polar surface area (TPSA) is 101 Å². The van der Waals surface area contributed by atoms with Crippen molar-refractivity contribution in [1.29, 1.82) is 5.26 Å². The molecule has 0 saturated carbocycles. The van der Waals surface area contributed by atoms with Crippen LogP contribution in [0.5, 0.6) is 0 Å². The molecule has 1 atom stereocenters. The molecule has 132 valence electrons. The van der Waals surface area contributed by atoms with Crippen molar-refractivity contribution in [3.05, 3.63) is 36.5 Å². The number of amides is 3. The van der Waals surface area contributed by atoms with Crippen LogP contribution in [0, 0.1) is 11.3 Å². The van der Waals surface area contributed by atoms with Gasteiger partial charge < -0.3 is 10.2 Å². The summed E-state index contributed by atoms with van der Waals surface area (Å²) in [6.07, 6.45) is 3.10. The number of aromatic nitrogens is 1. The third-order valence-electron chi connectivity index (χ3n) is 4.09. The van der Waals surface area contributed by atoms with Crippen molar-refractivity contribution in [2.24, 2.45) is 0 Å². The van der Waals surface area contributed by atoms with Crippen LogP contribution in [-0.4, -0.2) is 60.6 Å². The van der Waals surface area contributed by atoms with Crippen LogP contribution in [0.3, 0.4) is 0 Å². The second kappa shape index (κ2) is 8.80. The second-order valence-corrected chi connectivity index (χ2v) is 5.70. The summed E-state index contributed by atoms with van der Waals surface area (Å²) in [4.78, 5) is 32.1. The molecule has 8 heteroatoms. The molecule has 2 heterocycles. The van der Waals surface area contributed by atoms with Crippen LogP contribution in [0.15, 0.2) is 31.0 Å². The minimum Gasteiger partial charge on any atom is -0.354 e. The van der Waals surface area contributed by atoms with Crippen LogP contribution in [0.25, 0.3) is 0 Å². The molecule has 0 radical (unpaired) electrons. The largest absolute Gasteiger partial charge is 0.354 e. The number of urea groups is 1. The highest BCUT2D eigenvalue weighted by atomic mass is 16.2. The molecule has 3 amide bonds. The van der Waals surface area contributed by atoms with Crippen LogP contribution in [-0.2, 0) is 4.79 Å². The summed E-state index contributed by atoms with van der Waals surface area (Å²) in [5.41, 5.74) is 0.530. The van der Waals surface area contributed by atoms with Crippen LogP contribution in [0.1, 0.15) is 12.5 Å². The summed E-state index contributed by atoms with van der Waals surface area (Å²) in [7, 11) is 0. The van der Waals surface area contributed by atoms with Gasteiger partial charge in [-0.15, -0.1) is 6.58 Å². The van der Waals surface area contributed by atoms with E-state index < -0.39 is 12.1 Å². The number of carbonyl (C=O) groups excluding carboxylic acids is 2. The number of pyridine rings is 1. The van der Waals surface area contributed by atoms with Gasteiger partial charge in [0, 0.05) is 38.9 Å². The molecule has 1 aliphatic rings. The first-order valence-electron chi connectivity index (χ1n) is 8.10. The third-order valence-corrected chi connectivity index (χ3v) is 4.09. The summed E-state index contributed by atoms with van der Waals surface area (Å²) in [5, 5.41) is 13.7. The Labute approximate surface area is 147 Å². The van der Waals surface area contributed by atoms with Crippen molar-refractivity contribution < 1.29 is 9.59 Å². The molecule has 2 N–H and O–H groups in total. The summed E-state index contributed by atoms with van der Waals surface area (Å²) in [6.45, 7) is 8.41. The number of hydrogen-bond acceptors (Lipinski definition) is 6. The molecule has 1 saturated heterocycles. The van der Waals surface area contributed by atoms with Gasteiger partial charge in [0.05, 0.1) is 11.6 Å². The monoisotopic (exact) mass is 342 g/mol. The molecule has 1 aliphatic heterocycles. The number of hydrogen-bond donors (Lipinski definition) is 2. The van der Waals surface area contributed by atoms with Crippen molar-refractivity contribution in [1.82, 2.24) is 20.5 Å². The number of nitriles is 1. The van der Waals surface area contributed by atoms with E-state index in [1.54, 1.807) is 25.3 Å². The van der Waals surface area contributed by atoms with E-state index in [0.29, 0.717) is 25.2 Å². The van der Waals surface area contributed by atoms with Gasteiger partial charge in [-0.2, -0.15) is 5.26 Å². The normalized spacial score (nSPS) is 15.8. The molecule has 1 aromatic heterocycles. The lowest BCUT2D eigenvalue weighted by molar-refractivity contribution is -0.124. The molecule has 0 aromatic carbocycles. The second-order valence-electron chi connectivity index (χ2n) is 5.70. The summed E-state index contributed by atoms with van der Waals surface area (Å²) in [5.74, 6) is 0.492. The van der Waals surface area contributed by atoms with Gasteiger partial charge in [0.15, 0.2) is 0 Å². The minimum atomic E-state index is -0.517. The molecule has 0 unspecified atom stereocenters. The zero-order valence-corrected chi connectivity index (χ0v) is 14.2. The molecule has 25 heavy (non-hydrogen) atoms. The Balaban J connectivity index is 1.84. The Morgan fingerprint density at radius 2 is 2.12 bits per heavy atom. The van der Waals surface area contributed by atoms with Crippen molar-refractivity contribution in [3.8, 4) is 6.07 Å². The van der Waals surface area contributed by atoms with E-state index in [-0.39, 0.29) is 5.91 Å². The SMILES string of the molecule is C=CCNC(=O)NC(=O)[C@@H](C)N1CCN(c2ccc(C#N)cn2)CC1. The van der Waals surface area contributed by atoms with E-state index in [1.807, 2.05) is 17.0 Å². The molecular formula is C17H22N6O2. The van der Waals surface area contributed by atoms with Crippen LogP contribution in [0.4, 0.5) is 10.6 Å². The zero-order valence-electron chi connectivity index (χ0n) is 14.2. The molecule has 0 spiro atoms. The molecule has 2 rings (SSSR count). The summed E-state index contributed by atoms with van der Waals surface area (Å²) < 4.78 is 0. The quantitative estimate of drug-likeness (QED) is 0.755. The summed E-state index contributed by atoms with van der Waals surface area (Å²) in [6, 6.07) is 4.70. The number of carbonyl (C=O) groups is 2. The fraction of sp³-hybridized carbons (Fsp3) is 0.412. The van der Waals surface area contributed by atoms with E-state index in [1.165, 1.54) is 0 Å². The number of piperazine rings is 1. The lowest BCUT2D eigenvalue weighted by atomic mass is 10.2. The van der Waals surface area contributed by atoms with Crippen LogP contribution in [0.2, 0.25) is 0 Å². The lowest BCUT2D eigenvalue weighted by Gasteiger charge is -2.37. The van der Waals surface area contributed by atoms with Crippen molar-refractivity contribution in [2.45, 2.75) is 13.0 Å². The zero-order chi connectivity index (χ0) is 18.2. The summed E-state index contributed by atoms with van der Waals surface area (Å²) >= 11 is 0. The van der Waals surface area contributed by atoms with Gasteiger partial charge in [0.1, 0.15) is 11.9 Å². The van der Waals surface area contributed by atoms with Crippen molar-refractivity contribution in [3.63, 3.8) is 0 Å². The Bertz CT molecular complexity index is 659. The van der Waals surface area contributed by atoms with E-state index in [9.17, 15) is 9.59 Å². The first-order valence-corrected chi connectivity index (χ1v) is 8.10. The molecule has 1 fully saturated rings. The maximum atomic E-state index is 12.1. The lowest BCUT2D eigenvalue weighted by Crippen LogP contribution is -2.55. The van der Waals surface area contributed by atoms with Gasteiger partial charge in [-0.1, -0.05) is 6.08 Å². The van der Waals surface area contributed by atoms with Gasteiger partial charge in [0.2, 0.25) is 5.91 Å². The number of rotatable bonds is 5. The third kappa shape index (κ3) is 5.02. The Hall–Kier alpha value is -2.92. The maximum absolute atomic E-state index is 12.1. The van der Waals surface area contributed by atoms with Crippen LogP contribution < -0.4 is 15.5 Å². The standard InChI is InChI=1S/C17H22N6O2/c1-3-6-19-17(25)21-16(24)13(2)22-7-9-23(10-8-22)15-5-4-14(11-18)12-20-15/h3-5,12-13H,1,6-10H2,2H3,(H2,19,21,24,25)/t13-/m1/s1. The van der Waals surface area contributed by atoms with Crippen LogP contribution >= 0.6 is 0 Å².